The second kappa shape index (κ2) is 8.65. The van der Waals surface area contributed by atoms with Gasteiger partial charge >= 0.3 is 0 Å². The second-order valence-electron chi connectivity index (χ2n) is 7.40. The van der Waals surface area contributed by atoms with Crippen molar-refractivity contribution in [2.75, 3.05) is 20.2 Å². The minimum atomic E-state index is -0.623. The van der Waals surface area contributed by atoms with E-state index in [0.29, 0.717) is 30.2 Å². The van der Waals surface area contributed by atoms with Crippen LogP contribution in [0.4, 0.5) is 0 Å². The van der Waals surface area contributed by atoms with Crippen molar-refractivity contribution < 1.29 is 14.3 Å². The number of ether oxygens (including phenoxy) is 1. The molecule has 1 aliphatic heterocycles. The summed E-state index contributed by atoms with van der Waals surface area (Å²) in [5.41, 5.74) is 0.853. The largest absolute Gasteiger partial charge is 0.497 e. The lowest BCUT2D eigenvalue weighted by molar-refractivity contribution is -0.132. The molecule has 2 aromatic rings. The molecule has 5 nitrogen and oxygen atoms in total. The van der Waals surface area contributed by atoms with Crippen molar-refractivity contribution in [2.45, 2.75) is 26.3 Å². The lowest BCUT2D eigenvalue weighted by Gasteiger charge is -2.39. The molecule has 0 bridgehead atoms. The molecule has 2 amide bonds. The van der Waals surface area contributed by atoms with Crippen molar-refractivity contribution in [2.24, 2.45) is 5.41 Å². The van der Waals surface area contributed by atoms with Gasteiger partial charge in [0.05, 0.1) is 23.1 Å². The van der Waals surface area contributed by atoms with Gasteiger partial charge in [0, 0.05) is 19.6 Å². The molecule has 0 aromatic heterocycles. The third-order valence-corrected chi connectivity index (χ3v) is 5.58. The van der Waals surface area contributed by atoms with Gasteiger partial charge in [-0.1, -0.05) is 35.9 Å². The van der Waals surface area contributed by atoms with Crippen LogP contribution in [0.5, 0.6) is 5.75 Å². The Hall–Kier alpha value is -2.53. The highest BCUT2D eigenvalue weighted by molar-refractivity contribution is 6.33. The SMILES string of the molecule is COc1ccc(CNC(=O)[C@]2(C)CCCN(C(=O)c3ccccc3Cl)C2)cc1. The first-order chi connectivity index (χ1) is 13.4. The van der Waals surface area contributed by atoms with Crippen molar-refractivity contribution in [1.82, 2.24) is 10.2 Å². The summed E-state index contributed by atoms with van der Waals surface area (Å²) in [4.78, 5) is 27.5. The molecule has 3 rings (SSSR count). The van der Waals surface area contributed by atoms with E-state index in [4.69, 9.17) is 16.3 Å². The van der Waals surface area contributed by atoms with Gasteiger partial charge < -0.3 is 15.0 Å². The zero-order chi connectivity index (χ0) is 20.1. The molecule has 1 N–H and O–H groups in total. The normalized spacial score (nSPS) is 19.2. The molecular weight excluding hydrogens is 376 g/mol. The van der Waals surface area contributed by atoms with Gasteiger partial charge in [-0.15, -0.1) is 0 Å². The van der Waals surface area contributed by atoms with E-state index in [-0.39, 0.29) is 11.8 Å². The second-order valence-corrected chi connectivity index (χ2v) is 7.81. The van der Waals surface area contributed by atoms with Crippen LogP contribution in [0.1, 0.15) is 35.7 Å². The van der Waals surface area contributed by atoms with Gasteiger partial charge in [0.15, 0.2) is 0 Å². The molecule has 0 spiro atoms. The number of benzene rings is 2. The zero-order valence-electron chi connectivity index (χ0n) is 16.2. The Kier molecular flexibility index (Phi) is 6.25. The Morgan fingerprint density at radius 1 is 1.18 bits per heavy atom. The monoisotopic (exact) mass is 400 g/mol. The topological polar surface area (TPSA) is 58.6 Å². The predicted octanol–water partition coefficient (Wildman–Crippen LogP) is 3.91. The summed E-state index contributed by atoms with van der Waals surface area (Å²) in [7, 11) is 1.62. The quantitative estimate of drug-likeness (QED) is 0.827. The average Bonchev–Trinajstić information content (AvgIpc) is 2.72. The number of nitrogens with zero attached hydrogens (tertiary/aromatic N) is 1. The van der Waals surface area contributed by atoms with Crippen LogP contribution in [0.15, 0.2) is 48.5 Å². The number of nitrogens with one attached hydrogen (secondary N) is 1. The molecule has 0 radical (unpaired) electrons. The van der Waals surface area contributed by atoms with Crippen LogP contribution < -0.4 is 10.1 Å². The highest BCUT2D eigenvalue weighted by Crippen LogP contribution is 2.31. The van der Waals surface area contributed by atoms with Crippen molar-refractivity contribution in [3.05, 3.63) is 64.7 Å². The van der Waals surface area contributed by atoms with E-state index in [2.05, 4.69) is 5.32 Å². The van der Waals surface area contributed by atoms with Crippen LogP contribution in [-0.4, -0.2) is 36.9 Å². The highest BCUT2D eigenvalue weighted by atomic mass is 35.5. The Balaban J connectivity index is 1.64. The summed E-state index contributed by atoms with van der Waals surface area (Å²) < 4.78 is 5.15. The average molecular weight is 401 g/mol. The van der Waals surface area contributed by atoms with Gasteiger partial charge in [-0.25, -0.2) is 0 Å². The third kappa shape index (κ3) is 4.47. The Bertz CT molecular complexity index is 853. The van der Waals surface area contributed by atoms with Gasteiger partial charge in [-0.2, -0.15) is 0 Å². The number of carbonyl (C=O) groups is 2. The van der Waals surface area contributed by atoms with E-state index < -0.39 is 5.41 Å². The third-order valence-electron chi connectivity index (χ3n) is 5.25. The van der Waals surface area contributed by atoms with E-state index in [1.54, 1.807) is 36.3 Å². The van der Waals surface area contributed by atoms with E-state index in [9.17, 15) is 9.59 Å². The number of hydrogen-bond acceptors (Lipinski definition) is 3. The number of amides is 2. The molecule has 1 aliphatic rings. The molecule has 1 atom stereocenters. The minimum absolute atomic E-state index is 0.0417. The molecular formula is C22H25ClN2O3. The van der Waals surface area contributed by atoms with Crippen molar-refractivity contribution in [1.29, 1.82) is 0 Å². The van der Waals surface area contributed by atoms with Crippen LogP contribution in [0.3, 0.4) is 0 Å². The zero-order valence-corrected chi connectivity index (χ0v) is 17.0. The maximum atomic E-state index is 12.9. The van der Waals surface area contributed by atoms with Crippen molar-refractivity contribution >= 4 is 23.4 Å². The molecule has 1 fully saturated rings. The maximum absolute atomic E-state index is 12.9. The summed E-state index contributed by atoms with van der Waals surface area (Å²) in [6.07, 6.45) is 1.52. The van der Waals surface area contributed by atoms with Crippen LogP contribution >= 0.6 is 11.6 Å². The van der Waals surface area contributed by atoms with Crippen LogP contribution in [0.25, 0.3) is 0 Å². The van der Waals surface area contributed by atoms with Crippen LogP contribution in [0.2, 0.25) is 5.02 Å². The van der Waals surface area contributed by atoms with E-state index in [0.717, 1.165) is 24.2 Å². The fourth-order valence-electron chi connectivity index (χ4n) is 3.54. The number of halogens is 1. The number of hydrogen-bond donors (Lipinski definition) is 1. The number of rotatable bonds is 5. The van der Waals surface area contributed by atoms with E-state index in [1.807, 2.05) is 31.2 Å². The van der Waals surface area contributed by atoms with E-state index in [1.165, 1.54) is 0 Å². The summed E-state index contributed by atoms with van der Waals surface area (Å²) >= 11 is 6.18. The molecule has 1 saturated heterocycles. The standard InChI is InChI=1S/C22H25ClN2O3/c1-22(21(27)24-14-16-8-10-17(28-2)11-9-16)12-5-13-25(15-22)20(26)18-6-3-4-7-19(18)23/h3-4,6-11H,5,12-15H2,1-2H3,(H,24,27)/t22-/m1/s1. The molecule has 0 unspecified atom stereocenters. The maximum Gasteiger partial charge on any atom is 0.255 e. The number of likely N-dealkylation sites (tertiary alicyclic amines) is 1. The van der Waals surface area contributed by atoms with Gasteiger partial charge in [0.2, 0.25) is 5.91 Å². The molecule has 2 aromatic carbocycles. The first-order valence-corrected chi connectivity index (χ1v) is 9.76. The Morgan fingerprint density at radius 3 is 2.57 bits per heavy atom. The van der Waals surface area contributed by atoms with Crippen LogP contribution in [-0.2, 0) is 11.3 Å². The number of piperidine rings is 1. The number of carbonyl (C=O) groups excluding carboxylic acids is 2. The highest BCUT2D eigenvalue weighted by Gasteiger charge is 2.39. The minimum Gasteiger partial charge on any atom is -0.497 e. The molecule has 148 valence electrons. The molecule has 28 heavy (non-hydrogen) atoms. The fraction of sp³-hybridized carbons (Fsp3) is 0.364. The smallest absolute Gasteiger partial charge is 0.255 e. The Morgan fingerprint density at radius 2 is 1.89 bits per heavy atom. The lowest BCUT2D eigenvalue weighted by Crippen LogP contribution is -2.51. The molecule has 0 aliphatic carbocycles. The molecule has 0 saturated carbocycles. The predicted molar refractivity (Wildman–Crippen MR) is 110 cm³/mol. The van der Waals surface area contributed by atoms with Gasteiger partial charge in [0.1, 0.15) is 5.75 Å². The van der Waals surface area contributed by atoms with Gasteiger partial charge in [-0.3, -0.25) is 9.59 Å². The van der Waals surface area contributed by atoms with Crippen molar-refractivity contribution in [3.8, 4) is 5.75 Å². The number of methoxy groups -OCH3 is 1. The Labute approximate surface area is 170 Å². The van der Waals surface area contributed by atoms with Gasteiger partial charge in [0.25, 0.3) is 5.91 Å². The lowest BCUT2D eigenvalue weighted by atomic mass is 9.80. The molecule has 1 heterocycles. The first kappa shape index (κ1) is 20.2. The van der Waals surface area contributed by atoms with Crippen molar-refractivity contribution in [3.63, 3.8) is 0 Å². The summed E-state index contributed by atoms with van der Waals surface area (Å²) in [5, 5.41) is 3.45. The summed E-state index contributed by atoms with van der Waals surface area (Å²) in [5.74, 6) is 0.613. The molecule has 6 heteroatoms. The van der Waals surface area contributed by atoms with E-state index >= 15 is 0 Å². The van der Waals surface area contributed by atoms with Crippen LogP contribution in [0, 0.1) is 5.41 Å². The summed E-state index contributed by atoms with van der Waals surface area (Å²) in [6.45, 7) is 3.37. The first-order valence-electron chi connectivity index (χ1n) is 9.38. The fourth-order valence-corrected chi connectivity index (χ4v) is 3.76. The summed E-state index contributed by atoms with van der Waals surface area (Å²) in [6, 6.07) is 14.6. The van der Waals surface area contributed by atoms with Gasteiger partial charge in [-0.05, 0) is 49.6 Å².